The number of hydrogen-bond acceptors (Lipinski definition) is 3. The summed E-state index contributed by atoms with van der Waals surface area (Å²) in [7, 11) is 0. The molecule has 1 aliphatic rings. The molecule has 0 saturated heterocycles. The first-order chi connectivity index (χ1) is 8.75. The Morgan fingerprint density at radius 3 is 2.37 bits per heavy atom. The topological polar surface area (TPSA) is 68.0 Å². The van der Waals surface area contributed by atoms with E-state index in [1.165, 1.54) is 19.3 Å². The lowest BCUT2D eigenvalue weighted by atomic mass is 9.90. The normalized spacial score (nSPS) is 16.8. The van der Waals surface area contributed by atoms with Crippen molar-refractivity contribution < 1.29 is 4.79 Å². The summed E-state index contributed by atoms with van der Waals surface area (Å²) in [5.74, 6) is 0.755. The van der Waals surface area contributed by atoms with Gasteiger partial charge in [0, 0.05) is 5.92 Å². The quantitative estimate of drug-likeness (QED) is 0.874. The van der Waals surface area contributed by atoms with Crippen molar-refractivity contribution in [3.8, 4) is 0 Å². The molecular weight excluding hydrogens is 262 g/mol. The van der Waals surface area contributed by atoms with Gasteiger partial charge in [0.15, 0.2) is 0 Å². The van der Waals surface area contributed by atoms with Gasteiger partial charge in [0.2, 0.25) is 5.91 Å². The van der Waals surface area contributed by atoms with Gasteiger partial charge in [0.1, 0.15) is 5.82 Å². The Morgan fingerprint density at radius 1 is 1.16 bits per heavy atom. The summed E-state index contributed by atoms with van der Waals surface area (Å²) in [6, 6.07) is 3.50. The molecule has 1 aromatic rings. The van der Waals surface area contributed by atoms with Gasteiger partial charge in [0.25, 0.3) is 0 Å². The summed E-state index contributed by atoms with van der Waals surface area (Å²) >= 11 is 0. The van der Waals surface area contributed by atoms with Crippen LogP contribution in [0.2, 0.25) is 0 Å². The Balaban J connectivity index is 0.00000180. The molecule has 1 saturated carbocycles. The van der Waals surface area contributed by atoms with Crippen LogP contribution in [-0.2, 0) is 4.79 Å². The second kappa shape index (κ2) is 8.00. The largest absolute Gasteiger partial charge is 0.384 e. The fourth-order valence-electron chi connectivity index (χ4n) is 2.44. The van der Waals surface area contributed by atoms with Crippen molar-refractivity contribution in [2.24, 2.45) is 5.92 Å². The summed E-state index contributed by atoms with van der Waals surface area (Å²) < 4.78 is 0. The predicted octanol–water partition coefficient (Wildman–Crippen LogP) is 3.38. The monoisotopic (exact) mass is 283 g/mol. The zero-order valence-corrected chi connectivity index (χ0v) is 11.9. The second-order valence-corrected chi connectivity index (χ2v) is 5.00. The highest BCUT2D eigenvalue weighted by molar-refractivity contribution is 5.92. The van der Waals surface area contributed by atoms with Gasteiger partial charge in [-0.25, -0.2) is 4.98 Å². The SMILES string of the molecule is Cl.Nc1ccc(NC(=O)C2CCCCCCC2)cn1. The average molecular weight is 284 g/mol. The van der Waals surface area contributed by atoms with E-state index in [0.717, 1.165) is 31.4 Å². The van der Waals surface area contributed by atoms with Gasteiger partial charge in [-0.05, 0) is 25.0 Å². The molecule has 0 atom stereocenters. The van der Waals surface area contributed by atoms with Crippen LogP contribution in [0.1, 0.15) is 44.9 Å². The molecule has 2 rings (SSSR count). The molecule has 1 aromatic heterocycles. The van der Waals surface area contributed by atoms with E-state index < -0.39 is 0 Å². The maximum Gasteiger partial charge on any atom is 0.227 e. The van der Waals surface area contributed by atoms with Gasteiger partial charge in [-0.1, -0.05) is 32.1 Å². The van der Waals surface area contributed by atoms with E-state index in [4.69, 9.17) is 5.73 Å². The van der Waals surface area contributed by atoms with Crippen molar-refractivity contribution in [1.29, 1.82) is 0 Å². The van der Waals surface area contributed by atoms with Crippen LogP contribution in [0.5, 0.6) is 0 Å². The molecular formula is C14H22ClN3O. The molecule has 1 fully saturated rings. The molecule has 4 nitrogen and oxygen atoms in total. The van der Waals surface area contributed by atoms with Crippen molar-refractivity contribution in [1.82, 2.24) is 4.98 Å². The molecule has 0 aliphatic heterocycles. The molecule has 1 heterocycles. The summed E-state index contributed by atoms with van der Waals surface area (Å²) in [4.78, 5) is 16.1. The van der Waals surface area contributed by atoms with Crippen molar-refractivity contribution in [2.75, 3.05) is 11.1 Å². The molecule has 0 bridgehead atoms. The van der Waals surface area contributed by atoms with Crippen molar-refractivity contribution >= 4 is 29.8 Å². The summed E-state index contributed by atoms with van der Waals surface area (Å²) in [6.07, 6.45) is 9.78. The first kappa shape index (κ1) is 15.8. The van der Waals surface area contributed by atoms with E-state index in [-0.39, 0.29) is 24.2 Å². The van der Waals surface area contributed by atoms with Crippen LogP contribution >= 0.6 is 12.4 Å². The molecule has 106 valence electrons. The highest BCUT2D eigenvalue weighted by atomic mass is 35.5. The number of nitrogens with zero attached hydrogens (tertiary/aromatic N) is 1. The van der Waals surface area contributed by atoms with E-state index >= 15 is 0 Å². The second-order valence-electron chi connectivity index (χ2n) is 5.00. The van der Waals surface area contributed by atoms with Gasteiger partial charge in [-0.2, -0.15) is 0 Å². The van der Waals surface area contributed by atoms with E-state index in [0.29, 0.717) is 5.82 Å². The van der Waals surface area contributed by atoms with E-state index in [2.05, 4.69) is 10.3 Å². The molecule has 5 heteroatoms. The van der Waals surface area contributed by atoms with Gasteiger partial charge < -0.3 is 11.1 Å². The Hall–Kier alpha value is -1.29. The minimum Gasteiger partial charge on any atom is -0.384 e. The highest BCUT2D eigenvalue weighted by Crippen LogP contribution is 2.23. The number of anilines is 2. The van der Waals surface area contributed by atoms with Crippen molar-refractivity contribution in [3.63, 3.8) is 0 Å². The van der Waals surface area contributed by atoms with Crippen LogP contribution in [0.4, 0.5) is 11.5 Å². The minimum absolute atomic E-state index is 0. The van der Waals surface area contributed by atoms with Crippen LogP contribution in [-0.4, -0.2) is 10.9 Å². The molecule has 1 aliphatic carbocycles. The summed E-state index contributed by atoms with van der Waals surface area (Å²) in [5, 5.41) is 2.93. The van der Waals surface area contributed by atoms with E-state index in [9.17, 15) is 4.79 Å². The Kier molecular flexibility index (Phi) is 6.64. The number of carbonyl (C=O) groups is 1. The van der Waals surface area contributed by atoms with Crippen molar-refractivity contribution in [3.05, 3.63) is 18.3 Å². The molecule has 19 heavy (non-hydrogen) atoms. The number of rotatable bonds is 2. The van der Waals surface area contributed by atoms with Crippen LogP contribution in [0.15, 0.2) is 18.3 Å². The average Bonchev–Trinajstić information content (AvgIpc) is 2.31. The maximum absolute atomic E-state index is 12.1. The predicted molar refractivity (Wildman–Crippen MR) is 80.3 cm³/mol. The first-order valence-electron chi connectivity index (χ1n) is 6.78. The molecule has 0 radical (unpaired) electrons. The minimum atomic E-state index is 0. The smallest absolute Gasteiger partial charge is 0.227 e. The lowest BCUT2D eigenvalue weighted by Gasteiger charge is -2.19. The zero-order chi connectivity index (χ0) is 12.8. The molecule has 0 spiro atoms. The Bertz CT molecular complexity index is 386. The third-order valence-electron chi connectivity index (χ3n) is 3.53. The van der Waals surface area contributed by atoms with E-state index in [1.54, 1.807) is 18.3 Å². The Labute approximate surface area is 120 Å². The van der Waals surface area contributed by atoms with Crippen LogP contribution in [0, 0.1) is 5.92 Å². The van der Waals surface area contributed by atoms with Gasteiger partial charge >= 0.3 is 0 Å². The maximum atomic E-state index is 12.1. The lowest BCUT2D eigenvalue weighted by Crippen LogP contribution is -2.23. The third kappa shape index (κ3) is 5.07. The highest BCUT2D eigenvalue weighted by Gasteiger charge is 2.19. The number of nitrogens with one attached hydrogen (secondary N) is 1. The molecule has 1 amide bonds. The van der Waals surface area contributed by atoms with Crippen LogP contribution in [0.3, 0.4) is 0 Å². The fraction of sp³-hybridized carbons (Fsp3) is 0.571. The fourth-order valence-corrected chi connectivity index (χ4v) is 2.44. The number of nitrogen functional groups attached to an aromatic ring is 1. The number of aromatic nitrogens is 1. The number of carbonyl (C=O) groups excluding carboxylic acids is 1. The number of nitrogens with two attached hydrogens (primary N) is 1. The van der Waals surface area contributed by atoms with Crippen LogP contribution in [0.25, 0.3) is 0 Å². The summed E-state index contributed by atoms with van der Waals surface area (Å²) in [6.45, 7) is 0. The van der Waals surface area contributed by atoms with Crippen LogP contribution < -0.4 is 11.1 Å². The number of hydrogen-bond donors (Lipinski definition) is 2. The van der Waals surface area contributed by atoms with Gasteiger partial charge in [-0.3, -0.25) is 4.79 Å². The standard InChI is InChI=1S/C14H21N3O.ClH/c15-13-9-8-12(10-16-13)17-14(18)11-6-4-2-1-3-5-7-11;/h8-11H,1-7H2,(H2,15,16)(H,17,18);1H. The molecule has 0 unspecified atom stereocenters. The van der Waals surface area contributed by atoms with Gasteiger partial charge in [0.05, 0.1) is 11.9 Å². The number of halogens is 1. The van der Waals surface area contributed by atoms with Crippen molar-refractivity contribution in [2.45, 2.75) is 44.9 Å². The Morgan fingerprint density at radius 2 is 1.79 bits per heavy atom. The number of pyridine rings is 1. The summed E-state index contributed by atoms with van der Waals surface area (Å²) in [5.41, 5.74) is 6.25. The lowest BCUT2D eigenvalue weighted by molar-refractivity contribution is -0.120. The third-order valence-corrected chi connectivity index (χ3v) is 3.53. The zero-order valence-electron chi connectivity index (χ0n) is 11.1. The molecule has 3 N–H and O–H groups in total. The molecule has 0 aromatic carbocycles. The van der Waals surface area contributed by atoms with Gasteiger partial charge in [-0.15, -0.1) is 12.4 Å². The number of amides is 1. The van der Waals surface area contributed by atoms with E-state index in [1.807, 2.05) is 0 Å². The first-order valence-corrected chi connectivity index (χ1v) is 6.78.